The Kier molecular flexibility index (Phi) is 37.2. The minimum atomic E-state index is -4.62. The van der Waals surface area contributed by atoms with E-state index in [0.29, 0.717) is 13.0 Å². The maximum Gasteiger partial charge on any atom is 0.472 e. The molecule has 0 spiro atoms. The van der Waals surface area contributed by atoms with Crippen molar-refractivity contribution in [1.29, 1.82) is 0 Å². The van der Waals surface area contributed by atoms with Crippen LogP contribution in [-0.2, 0) is 32.7 Å². The van der Waals surface area contributed by atoms with Gasteiger partial charge in [0.25, 0.3) is 0 Å². The molecule has 0 aromatic rings. The summed E-state index contributed by atoms with van der Waals surface area (Å²) in [5.74, 6) is -1.79. The number of nitrogens with two attached hydrogens (primary N) is 1. The smallest absolute Gasteiger partial charge is 0.472 e. The zero-order chi connectivity index (χ0) is 39.1. The Hall–Kier alpha value is -1.81. The Morgan fingerprint density at radius 2 is 1.04 bits per heavy atom. The second kappa shape index (κ2) is 38.5. The number of carbonyl (C=O) groups excluding carboxylic acids is 1. The molecule has 0 bridgehead atoms. The quantitative estimate of drug-likeness (QED) is 0.0237. The zero-order valence-corrected chi connectivity index (χ0v) is 34.5. The molecule has 0 saturated carbocycles. The van der Waals surface area contributed by atoms with Crippen LogP contribution in [0.25, 0.3) is 0 Å². The first-order chi connectivity index (χ1) is 25.7. The van der Waals surface area contributed by atoms with Crippen molar-refractivity contribution in [2.24, 2.45) is 5.73 Å². The van der Waals surface area contributed by atoms with Crippen LogP contribution in [0, 0.1) is 0 Å². The molecule has 4 N–H and O–H groups in total. The summed E-state index contributed by atoms with van der Waals surface area (Å²) in [5, 5.41) is 8.88. The van der Waals surface area contributed by atoms with Gasteiger partial charge in [-0.05, 0) is 70.6 Å². The maximum atomic E-state index is 12.6. The van der Waals surface area contributed by atoms with Crippen LogP contribution >= 0.6 is 7.82 Å². The number of hydrogen-bond acceptors (Lipinski definition) is 8. The Bertz CT molecular complexity index is 988. The minimum absolute atomic E-state index is 0.00753. The van der Waals surface area contributed by atoms with Gasteiger partial charge in [-0.15, -0.1) is 0 Å². The van der Waals surface area contributed by atoms with Crippen LogP contribution in [0.4, 0.5) is 0 Å². The van der Waals surface area contributed by atoms with Crippen molar-refractivity contribution in [3.8, 4) is 0 Å². The standard InChI is InChI=1S/C42H78NO9P/c1-3-5-7-9-11-13-15-17-19-20-22-24-26-28-30-32-34-41(44)52-39(37-50-53(47,48)51-38-40(43)42(45)46)36-49-35-33-31-29-27-25-23-21-18-16-14-12-10-8-6-4-2/h13,15-16,18-20,39-40H,3-12,14,17,21-38,43H2,1-2H3,(H,45,46)(H,47,48)/b15-13-,18-16-,20-19-. The number of esters is 1. The summed E-state index contributed by atoms with van der Waals surface area (Å²) in [6.07, 6.45) is 41.9. The highest BCUT2D eigenvalue weighted by Gasteiger charge is 2.27. The molecule has 0 heterocycles. The predicted molar refractivity (Wildman–Crippen MR) is 217 cm³/mol. The van der Waals surface area contributed by atoms with Crippen molar-refractivity contribution >= 4 is 19.8 Å². The SMILES string of the molecule is CCCCCC/C=C\C/C=C\CCCCCCCC(=O)OC(COCCCCCCCC/C=C\CCCCCCC)COP(=O)(O)OCC(N)C(=O)O. The van der Waals surface area contributed by atoms with Crippen LogP contribution in [-0.4, -0.2) is 60.5 Å². The Morgan fingerprint density at radius 1 is 0.604 bits per heavy atom. The number of ether oxygens (including phenoxy) is 2. The maximum absolute atomic E-state index is 12.6. The van der Waals surface area contributed by atoms with Gasteiger partial charge in [0.1, 0.15) is 12.1 Å². The number of carbonyl (C=O) groups is 2. The fourth-order valence-electron chi connectivity index (χ4n) is 5.57. The predicted octanol–water partition coefficient (Wildman–Crippen LogP) is 11.3. The molecular formula is C42H78NO9P. The van der Waals surface area contributed by atoms with Crippen LogP contribution in [0.2, 0.25) is 0 Å². The first-order valence-corrected chi connectivity index (χ1v) is 22.5. The molecule has 0 aliphatic carbocycles. The highest BCUT2D eigenvalue weighted by molar-refractivity contribution is 7.47. The van der Waals surface area contributed by atoms with Gasteiger partial charge in [-0.3, -0.25) is 18.6 Å². The molecule has 0 aliphatic heterocycles. The van der Waals surface area contributed by atoms with E-state index in [2.05, 4.69) is 50.3 Å². The van der Waals surface area contributed by atoms with E-state index in [0.717, 1.165) is 64.2 Å². The molecule has 310 valence electrons. The summed E-state index contributed by atoms with van der Waals surface area (Å²) in [6.45, 7) is 3.82. The number of hydrogen-bond donors (Lipinski definition) is 3. The van der Waals surface area contributed by atoms with Crippen molar-refractivity contribution < 1.29 is 42.7 Å². The van der Waals surface area contributed by atoms with Crippen LogP contribution in [0.15, 0.2) is 36.5 Å². The average Bonchev–Trinajstić information content (AvgIpc) is 3.13. The highest BCUT2D eigenvalue weighted by Crippen LogP contribution is 2.43. The largest absolute Gasteiger partial charge is 0.480 e. The first-order valence-electron chi connectivity index (χ1n) is 21.0. The van der Waals surface area contributed by atoms with E-state index in [4.69, 9.17) is 29.4 Å². The van der Waals surface area contributed by atoms with Crippen molar-refractivity contribution in [2.75, 3.05) is 26.4 Å². The fraction of sp³-hybridized carbons (Fsp3) is 0.810. The van der Waals surface area contributed by atoms with Gasteiger partial charge in [0, 0.05) is 13.0 Å². The number of allylic oxidation sites excluding steroid dienone is 6. The molecule has 0 aliphatic rings. The second-order valence-corrected chi connectivity index (χ2v) is 15.6. The van der Waals surface area contributed by atoms with Gasteiger partial charge < -0.3 is 25.2 Å². The van der Waals surface area contributed by atoms with Gasteiger partial charge in [-0.2, -0.15) is 0 Å². The summed E-state index contributed by atoms with van der Waals surface area (Å²) < 4.78 is 33.3. The van der Waals surface area contributed by atoms with Crippen molar-refractivity contribution in [3.63, 3.8) is 0 Å². The molecule has 3 unspecified atom stereocenters. The van der Waals surface area contributed by atoms with E-state index >= 15 is 0 Å². The number of carboxylic acid groups (broad SMARTS) is 1. The molecule has 0 fully saturated rings. The number of aliphatic carboxylic acids is 1. The average molecular weight is 772 g/mol. The van der Waals surface area contributed by atoms with Gasteiger partial charge in [-0.1, -0.05) is 140 Å². The topological polar surface area (TPSA) is 155 Å². The minimum Gasteiger partial charge on any atom is -0.480 e. The molecule has 10 nitrogen and oxygen atoms in total. The Morgan fingerprint density at radius 3 is 1.57 bits per heavy atom. The fourth-order valence-corrected chi connectivity index (χ4v) is 6.35. The van der Waals surface area contributed by atoms with Crippen molar-refractivity contribution in [3.05, 3.63) is 36.5 Å². The Labute approximate surface area is 323 Å². The van der Waals surface area contributed by atoms with Gasteiger partial charge in [0.05, 0.1) is 19.8 Å². The van der Waals surface area contributed by atoms with E-state index < -0.39 is 45.1 Å². The second-order valence-electron chi connectivity index (χ2n) is 14.1. The zero-order valence-electron chi connectivity index (χ0n) is 33.6. The number of carboxylic acids is 1. The molecule has 0 amide bonds. The van der Waals surface area contributed by atoms with Gasteiger partial charge in [0.15, 0.2) is 0 Å². The lowest BCUT2D eigenvalue weighted by molar-refractivity contribution is -0.154. The summed E-state index contributed by atoms with van der Waals surface area (Å²) in [6, 6.07) is -1.48. The van der Waals surface area contributed by atoms with E-state index in [1.807, 2.05) is 0 Å². The third-order valence-corrected chi connectivity index (χ3v) is 9.84. The molecule has 0 aromatic heterocycles. The normalized spacial score (nSPS) is 14.3. The molecule has 0 rings (SSSR count). The van der Waals surface area contributed by atoms with Gasteiger partial charge >= 0.3 is 19.8 Å². The molecule has 0 radical (unpaired) electrons. The molecule has 11 heteroatoms. The van der Waals surface area contributed by atoms with Crippen molar-refractivity contribution in [2.45, 2.75) is 193 Å². The van der Waals surface area contributed by atoms with Gasteiger partial charge in [0.2, 0.25) is 0 Å². The van der Waals surface area contributed by atoms with E-state index in [-0.39, 0.29) is 13.0 Å². The molecule has 53 heavy (non-hydrogen) atoms. The monoisotopic (exact) mass is 772 g/mol. The summed E-state index contributed by atoms with van der Waals surface area (Å²) >= 11 is 0. The van der Waals surface area contributed by atoms with E-state index in [9.17, 15) is 19.0 Å². The highest BCUT2D eigenvalue weighted by atomic mass is 31.2. The lowest BCUT2D eigenvalue weighted by atomic mass is 10.1. The number of rotatable bonds is 40. The number of phosphoric ester groups is 1. The first kappa shape index (κ1) is 51.2. The van der Waals surface area contributed by atoms with Crippen molar-refractivity contribution in [1.82, 2.24) is 0 Å². The summed E-state index contributed by atoms with van der Waals surface area (Å²) in [7, 11) is -4.62. The van der Waals surface area contributed by atoms with Crippen LogP contribution in [0.5, 0.6) is 0 Å². The Balaban J connectivity index is 4.30. The van der Waals surface area contributed by atoms with Crippen LogP contribution < -0.4 is 5.73 Å². The lowest BCUT2D eigenvalue weighted by Crippen LogP contribution is -2.34. The van der Waals surface area contributed by atoms with Crippen LogP contribution in [0.3, 0.4) is 0 Å². The molecule has 0 aromatic carbocycles. The van der Waals surface area contributed by atoms with Gasteiger partial charge in [-0.25, -0.2) is 4.57 Å². The molecular weight excluding hydrogens is 693 g/mol. The molecule has 3 atom stereocenters. The van der Waals surface area contributed by atoms with E-state index in [1.54, 1.807) is 0 Å². The summed E-state index contributed by atoms with van der Waals surface area (Å²) in [5.41, 5.74) is 5.35. The number of phosphoric acid groups is 1. The van der Waals surface area contributed by atoms with E-state index in [1.165, 1.54) is 89.9 Å². The summed E-state index contributed by atoms with van der Waals surface area (Å²) in [4.78, 5) is 33.5. The lowest BCUT2D eigenvalue weighted by Gasteiger charge is -2.20. The van der Waals surface area contributed by atoms with Crippen LogP contribution in [0.1, 0.15) is 181 Å². The third-order valence-electron chi connectivity index (χ3n) is 8.89. The third kappa shape index (κ3) is 38.3. The molecule has 0 saturated heterocycles. The number of unbranched alkanes of at least 4 members (excludes halogenated alkanes) is 20.